The monoisotopic (exact) mass is 264 g/mol. The number of anilines is 1. The van der Waals surface area contributed by atoms with Crippen LogP contribution in [-0.2, 0) is 4.79 Å². The van der Waals surface area contributed by atoms with E-state index in [1.165, 1.54) is 38.5 Å². The van der Waals surface area contributed by atoms with Crippen molar-refractivity contribution in [3.8, 4) is 0 Å². The van der Waals surface area contributed by atoms with Gasteiger partial charge >= 0.3 is 0 Å². The predicted molar refractivity (Wildman–Crippen MR) is 75.9 cm³/mol. The van der Waals surface area contributed by atoms with Gasteiger partial charge in [-0.2, -0.15) is 5.10 Å². The molecule has 1 aliphatic carbocycles. The fourth-order valence-electron chi connectivity index (χ4n) is 2.48. The molecule has 0 atom stereocenters. The Morgan fingerprint density at radius 2 is 2.00 bits per heavy atom. The zero-order valence-electron chi connectivity index (χ0n) is 11.8. The number of hydrogen-bond acceptors (Lipinski definition) is 3. The van der Waals surface area contributed by atoms with Crippen molar-refractivity contribution in [3.63, 3.8) is 0 Å². The maximum absolute atomic E-state index is 11.8. The van der Waals surface area contributed by atoms with Crippen LogP contribution in [0.3, 0.4) is 0 Å². The maximum atomic E-state index is 11.8. The van der Waals surface area contributed by atoms with Gasteiger partial charge in [-0.3, -0.25) is 9.89 Å². The molecule has 2 rings (SSSR count). The van der Waals surface area contributed by atoms with Crippen molar-refractivity contribution < 1.29 is 4.79 Å². The molecule has 0 aliphatic heterocycles. The van der Waals surface area contributed by atoms with Crippen molar-refractivity contribution in [2.45, 2.75) is 63.8 Å². The summed E-state index contributed by atoms with van der Waals surface area (Å²) in [7, 11) is 0. The molecular weight excluding hydrogens is 240 g/mol. The molecule has 0 bridgehead atoms. The molecule has 1 fully saturated rings. The van der Waals surface area contributed by atoms with E-state index in [4.69, 9.17) is 5.73 Å². The lowest BCUT2D eigenvalue weighted by atomic mass is 9.97. The van der Waals surface area contributed by atoms with E-state index < -0.39 is 5.54 Å². The highest BCUT2D eigenvalue weighted by molar-refractivity contribution is 5.96. The van der Waals surface area contributed by atoms with E-state index in [0.717, 1.165) is 5.69 Å². The van der Waals surface area contributed by atoms with Crippen LogP contribution in [0.5, 0.6) is 0 Å². The van der Waals surface area contributed by atoms with Gasteiger partial charge in [-0.15, -0.1) is 0 Å². The number of carbonyl (C=O) groups excluding carboxylic acids is 1. The normalized spacial score (nSPS) is 18.1. The highest BCUT2D eigenvalue weighted by Gasteiger charge is 2.23. The molecule has 0 aromatic carbocycles. The fourth-order valence-corrected chi connectivity index (χ4v) is 2.48. The minimum absolute atomic E-state index is 0.216. The Balaban J connectivity index is 2.00. The van der Waals surface area contributed by atoms with E-state index in [2.05, 4.69) is 15.5 Å². The van der Waals surface area contributed by atoms with Crippen molar-refractivity contribution in [1.29, 1.82) is 0 Å². The molecule has 5 nitrogen and oxygen atoms in total. The number of aromatic amines is 1. The van der Waals surface area contributed by atoms with Gasteiger partial charge in [0, 0.05) is 17.7 Å². The Labute approximate surface area is 114 Å². The Morgan fingerprint density at radius 3 is 2.58 bits per heavy atom. The standard InChI is InChI=1S/C14H24N4O/c1-14(2,15)13(19)16-12-9-11(17-18-12)10-7-5-3-4-6-8-10/h9-10H,3-8,15H2,1-2H3,(H2,16,17,18,19). The van der Waals surface area contributed by atoms with E-state index in [1.54, 1.807) is 13.8 Å². The first-order valence-corrected chi connectivity index (χ1v) is 7.12. The van der Waals surface area contributed by atoms with E-state index in [9.17, 15) is 4.79 Å². The quantitative estimate of drug-likeness (QED) is 0.733. The molecular formula is C14H24N4O. The fraction of sp³-hybridized carbons (Fsp3) is 0.714. The lowest BCUT2D eigenvalue weighted by Gasteiger charge is -2.16. The van der Waals surface area contributed by atoms with Crippen LogP contribution in [-0.4, -0.2) is 21.6 Å². The van der Waals surface area contributed by atoms with E-state index in [0.29, 0.717) is 11.7 Å². The Hall–Kier alpha value is -1.36. The summed E-state index contributed by atoms with van der Waals surface area (Å²) in [5.41, 5.74) is 5.99. The number of carbonyl (C=O) groups is 1. The van der Waals surface area contributed by atoms with Gasteiger partial charge in [-0.1, -0.05) is 25.7 Å². The molecule has 4 N–H and O–H groups in total. The van der Waals surface area contributed by atoms with Crippen molar-refractivity contribution in [2.75, 3.05) is 5.32 Å². The molecule has 1 aliphatic rings. The molecule has 1 amide bonds. The van der Waals surface area contributed by atoms with E-state index in [1.807, 2.05) is 6.07 Å². The average molecular weight is 264 g/mol. The van der Waals surface area contributed by atoms with Crippen molar-refractivity contribution in [3.05, 3.63) is 11.8 Å². The SMILES string of the molecule is CC(C)(N)C(=O)Nc1cc(C2CCCCCC2)[nH]n1. The van der Waals surface area contributed by atoms with Crippen LogP contribution >= 0.6 is 0 Å². The highest BCUT2D eigenvalue weighted by atomic mass is 16.2. The molecule has 106 valence electrons. The zero-order valence-corrected chi connectivity index (χ0v) is 11.8. The highest BCUT2D eigenvalue weighted by Crippen LogP contribution is 2.31. The second kappa shape index (κ2) is 5.74. The van der Waals surface area contributed by atoms with E-state index in [-0.39, 0.29) is 5.91 Å². The predicted octanol–water partition coefficient (Wildman–Crippen LogP) is 2.52. The molecule has 0 spiro atoms. The number of hydrogen-bond donors (Lipinski definition) is 3. The zero-order chi connectivity index (χ0) is 13.9. The first-order chi connectivity index (χ1) is 8.97. The molecule has 1 heterocycles. The van der Waals surface area contributed by atoms with Crippen LogP contribution in [0.1, 0.15) is 64.0 Å². The Kier molecular flexibility index (Phi) is 4.24. The van der Waals surface area contributed by atoms with Crippen LogP contribution in [0, 0.1) is 0 Å². The number of aromatic nitrogens is 2. The minimum Gasteiger partial charge on any atom is -0.318 e. The number of amides is 1. The smallest absolute Gasteiger partial charge is 0.245 e. The molecule has 1 saturated carbocycles. The van der Waals surface area contributed by atoms with Gasteiger partial charge in [0.05, 0.1) is 5.54 Å². The third-order valence-corrected chi connectivity index (χ3v) is 3.72. The summed E-state index contributed by atoms with van der Waals surface area (Å²) < 4.78 is 0. The molecule has 1 aromatic heterocycles. The van der Waals surface area contributed by atoms with Crippen LogP contribution in [0.2, 0.25) is 0 Å². The maximum Gasteiger partial charge on any atom is 0.245 e. The topological polar surface area (TPSA) is 83.8 Å². The number of nitrogens with one attached hydrogen (secondary N) is 2. The van der Waals surface area contributed by atoms with Crippen molar-refractivity contribution >= 4 is 11.7 Å². The second-order valence-electron chi connectivity index (χ2n) is 6.07. The van der Waals surface area contributed by atoms with Crippen molar-refractivity contribution in [1.82, 2.24) is 10.2 Å². The van der Waals surface area contributed by atoms with Gasteiger partial charge < -0.3 is 11.1 Å². The second-order valence-corrected chi connectivity index (χ2v) is 6.07. The van der Waals surface area contributed by atoms with Crippen LogP contribution in [0.25, 0.3) is 0 Å². The molecule has 0 unspecified atom stereocenters. The van der Waals surface area contributed by atoms with Gasteiger partial charge in [0.1, 0.15) is 0 Å². The van der Waals surface area contributed by atoms with Crippen molar-refractivity contribution in [2.24, 2.45) is 5.73 Å². The van der Waals surface area contributed by atoms with Gasteiger partial charge in [0.25, 0.3) is 0 Å². The minimum atomic E-state index is -0.887. The number of rotatable bonds is 3. The molecule has 1 aromatic rings. The van der Waals surface area contributed by atoms with Crippen LogP contribution < -0.4 is 11.1 Å². The Morgan fingerprint density at radius 1 is 1.37 bits per heavy atom. The number of H-pyrrole nitrogens is 1. The van der Waals surface area contributed by atoms with Gasteiger partial charge in [0.2, 0.25) is 5.91 Å². The van der Waals surface area contributed by atoms with Crippen LogP contribution in [0.15, 0.2) is 6.07 Å². The third kappa shape index (κ3) is 3.80. The molecule has 0 saturated heterocycles. The van der Waals surface area contributed by atoms with Gasteiger partial charge in [-0.25, -0.2) is 0 Å². The summed E-state index contributed by atoms with van der Waals surface area (Å²) in [4.78, 5) is 11.8. The molecule has 0 radical (unpaired) electrons. The molecule has 19 heavy (non-hydrogen) atoms. The lowest BCUT2D eigenvalue weighted by Crippen LogP contribution is -2.45. The summed E-state index contributed by atoms with van der Waals surface area (Å²) in [6, 6.07) is 1.94. The summed E-state index contributed by atoms with van der Waals surface area (Å²) >= 11 is 0. The lowest BCUT2D eigenvalue weighted by molar-refractivity contribution is -0.120. The summed E-state index contributed by atoms with van der Waals surface area (Å²) in [5.74, 6) is 0.903. The first-order valence-electron chi connectivity index (χ1n) is 7.12. The first kappa shape index (κ1) is 14.1. The van der Waals surface area contributed by atoms with Gasteiger partial charge in [-0.05, 0) is 26.7 Å². The number of nitrogens with two attached hydrogens (primary N) is 1. The van der Waals surface area contributed by atoms with E-state index >= 15 is 0 Å². The average Bonchev–Trinajstić information content (AvgIpc) is 2.62. The third-order valence-electron chi connectivity index (χ3n) is 3.72. The largest absolute Gasteiger partial charge is 0.318 e. The summed E-state index contributed by atoms with van der Waals surface area (Å²) in [6.07, 6.45) is 7.63. The molecule has 5 heteroatoms. The Bertz CT molecular complexity index is 425. The number of nitrogens with zero attached hydrogens (tertiary/aromatic N) is 1. The summed E-state index contributed by atoms with van der Waals surface area (Å²) in [5, 5.41) is 9.97. The van der Waals surface area contributed by atoms with Crippen LogP contribution in [0.4, 0.5) is 5.82 Å². The summed E-state index contributed by atoms with van der Waals surface area (Å²) in [6.45, 7) is 3.36. The van der Waals surface area contributed by atoms with Gasteiger partial charge in [0.15, 0.2) is 5.82 Å².